The summed E-state index contributed by atoms with van der Waals surface area (Å²) in [5, 5.41) is 33.9. The summed E-state index contributed by atoms with van der Waals surface area (Å²) in [6, 6.07) is 10.5. The van der Waals surface area contributed by atoms with Gasteiger partial charge >= 0.3 is 23.9 Å². The van der Waals surface area contributed by atoms with Crippen LogP contribution in [-0.2, 0) is 30.4 Å². The Bertz CT molecular complexity index is 1420. The molecule has 0 atom stereocenters. The van der Waals surface area contributed by atoms with Crippen LogP contribution < -0.4 is 21.5 Å². The number of carboxylic acid groups (broad SMARTS) is 3. The molecular formula is C27H29N5O10. The third-order valence-electron chi connectivity index (χ3n) is 6.03. The SMILES string of the molecule is NC(N)=Nc1ccc(C(=O)Oc2ccc(CCC(=O)NCCC(=O)O)c(C3=NOC(CC(=O)O)(CC(=O)O)C3)c2)cc1. The van der Waals surface area contributed by atoms with Crippen LogP contribution in [0.3, 0.4) is 0 Å². The molecule has 0 unspecified atom stereocenters. The number of nitrogens with two attached hydrogens (primary N) is 2. The molecule has 0 aliphatic carbocycles. The summed E-state index contributed by atoms with van der Waals surface area (Å²) in [5.41, 5.74) is 10.8. The van der Waals surface area contributed by atoms with E-state index in [2.05, 4.69) is 15.5 Å². The van der Waals surface area contributed by atoms with Gasteiger partial charge in [-0.05, 0) is 48.4 Å². The van der Waals surface area contributed by atoms with Crippen molar-refractivity contribution in [2.45, 2.75) is 44.1 Å². The van der Waals surface area contributed by atoms with E-state index in [9.17, 15) is 34.2 Å². The third kappa shape index (κ3) is 9.04. The highest BCUT2D eigenvalue weighted by molar-refractivity contribution is 6.04. The Morgan fingerprint density at radius 1 is 0.952 bits per heavy atom. The normalized spacial score (nSPS) is 13.3. The largest absolute Gasteiger partial charge is 0.481 e. The minimum atomic E-state index is -1.64. The van der Waals surface area contributed by atoms with Gasteiger partial charge in [-0.25, -0.2) is 9.79 Å². The number of benzene rings is 2. The van der Waals surface area contributed by atoms with Crippen molar-refractivity contribution in [2.24, 2.45) is 21.6 Å². The van der Waals surface area contributed by atoms with Crippen molar-refractivity contribution in [1.29, 1.82) is 0 Å². The van der Waals surface area contributed by atoms with Crippen LogP contribution in [0.2, 0.25) is 0 Å². The van der Waals surface area contributed by atoms with Gasteiger partial charge in [0, 0.05) is 24.9 Å². The Labute approximate surface area is 238 Å². The Morgan fingerprint density at radius 2 is 1.62 bits per heavy atom. The lowest BCUT2D eigenvalue weighted by molar-refractivity contribution is -0.151. The van der Waals surface area contributed by atoms with Gasteiger partial charge in [-0.1, -0.05) is 11.2 Å². The molecule has 222 valence electrons. The zero-order chi connectivity index (χ0) is 30.9. The number of rotatable bonds is 14. The lowest BCUT2D eigenvalue weighted by Crippen LogP contribution is -2.35. The predicted octanol–water partition coefficient (Wildman–Crippen LogP) is 1.15. The number of aryl methyl sites for hydroxylation is 1. The van der Waals surface area contributed by atoms with Crippen LogP contribution in [0.25, 0.3) is 0 Å². The zero-order valence-electron chi connectivity index (χ0n) is 22.2. The summed E-state index contributed by atoms with van der Waals surface area (Å²) in [6.07, 6.45) is -1.54. The molecule has 1 aliphatic rings. The van der Waals surface area contributed by atoms with Gasteiger partial charge in [0.1, 0.15) is 5.75 Å². The predicted molar refractivity (Wildman–Crippen MR) is 146 cm³/mol. The van der Waals surface area contributed by atoms with Crippen molar-refractivity contribution >= 4 is 47.1 Å². The van der Waals surface area contributed by atoms with E-state index in [-0.39, 0.29) is 55.2 Å². The minimum absolute atomic E-state index is 0.0303. The Hall–Kier alpha value is -5.47. The molecule has 0 saturated carbocycles. The van der Waals surface area contributed by atoms with Crippen molar-refractivity contribution in [2.75, 3.05) is 6.54 Å². The van der Waals surface area contributed by atoms with Crippen LogP contribution in [0.1, 0.15) is 53.6 Å². The number of ether oxygens (including phenoxy) is 1. The molecule has 15 heteroatoms. The van der Waals surface area contributed by atoms with E-state index < -0.39 is 48.2 Å². The quantitative estimate of drug-likeness (QED) is 0.0792. The van der Waals surface area contributed by atoms with E-state index in [0.717, 1.165) is 0 Å². The molecule has 8 N–H and O–H groups in total. The van der Waals surface area contributed by atoms with E-state index in [4.69, 9.17) is 26.1 Å². The fourth-order valence-electron chi connectivity index (χ4n) is 4.21. The second kappa shape index (κ2) is 13.7. The van der Waals surface area contributed by atoms with Crippen molar-refractivity contribution in [1.82, 2.24) is 5.32 Å². The minimum Gasteiger partial charge on any atom is -0.481 e. The van der Waals surface area contributed by atoms with E-state index in [1.807, 2.05) is 0 Å². The first kappa shape index (κ1) is 31.1. The first-order valence-electron chi connectivity index (χ1n) is 12.6. The molecule has 0 fully saturated rings. The van der Waals surface area contributed by atoms with E-state index >= 15 is 0 Å². The van der Waals surface area contributed by atoms with E-state index in [1.54, 1.807) is 6.07 Å². The number of carbonyl (C=O) groups is 5. The number of hydrogen-bond donors (Lipinski definition) is 6. The highest BCUT2D eigenvalue weighted by Crippen LogP contribution is 2.35. The van der Waals surface area contributed by atoms with Gasteiger partial charge in [0.25, 0.3) is 0 Å². The molecule has 15 nitrogen and oxygen atoms in total. The molecular weight excluding hydrogens is 554 g/mol. The van der Waals surface area contributed by atoms with Gasteiger partial charge in [-0.15, -0.1) is 0 Å². The average Bonchev–Trinajstić information content (AvgIpc) is 3.29. The lowest BCUT2D eigenvalue weighted by Gasteiger charge is -2.22. The van der Waals surface area contributed by atoms with Crippen molar-refractivity contribution in [3.05, 3.63) is 59.2 Å². The van der Waals surface area contributed by atoms with Crippen molar-refractivity contribution in [3.63, 3.8) is 0 Å². The van der Waals surface area contributed by atoms with Gasteiger partial charge in [-0.2, -0.15) is 0 Å². The maximum Gasteiger partial charge on any atom is 0.343 e. The molecule has 2 aromatic rings. The first-order chi connectivity index (χ1) is 19.9. The number of oxime groups is 1. The summed E-state index contributed by atoms with van der Waals surface area (Å²) in [7, 11) is 0. The molecule has 0 saturated heterocycles. The maximum atomic E-state index is 12.8. The zero-order valence-corrected chi connectivity index (χ0v) is 22.2. The van der Waals surface area contributed by atoms with Crippen LogP contribution in [0.4, 0.5) is 5.69 Å². The molecule has 1 heterocycles. The van der Waals surface area contributed by atoms with Crippen LogP contribution in [-0.4, -0.2) is 68.9 Å². The Balaban J connectivity index is 1.85. The van der Waals surface area contributed by atoms with Crippen LogP contribution in [0.5, 0.6) is 5.75 Å². The molecule has 0 radical (unpaired) electrons. The number of nitrogens with zero attached hydrogens (tertiary/aromatic N) is 2. The monoisotopic (exact) mass is 583 g/mol. The van der Waals surface area contributed by atoms with E-state index in [0.29, 0.717) is 16.8 Å². The molecule has 1 amide bonds. The number of aliphatic imine (C=N–C) groups is 1. The van der Waals surface area contributed by atoms with Crippen LogP contribution in [0, 0.1) is 0 Å². The number of carbonyl (C=O) groups excluding carboxylic acids is 2. The number of nitrogens with one attached hydrogen (secondary N) is 1. The summed E-state index contributed by atoms with van der Waals surface area (Å²) in [5.74, 6) is -4.78. The van der Waals surface area contributed by atoms with Crippen molar-refractivity contribution in [3.8, 4) is 5.75 Å². The number of guanidine groups is 1. The highest BCUT2D eigenvalue weighted by Gasteiger charge is 2.44. The summed E-state index contributed by atoms with van der Waals surface area (Å²) in [6.45, 7) is -0.0453. The first-order valence-corrected chi connectivity index (χ1v) is 12.6. The van der Waals surface area contributed by atoms with Gasteiger partial charge in [0.05, 0.1) is 36.2 Å². The lowest BCUT2D eigenvalue weighted by atomic mass is 9.86. The molecule has 2 aromatic carbocycles. The topological polar surface area (TPSA) is 253 Å². The summed E-state index contributed by atoms with van der Waals surface area (Å²) >= 11 is 0. The number of hydrogen-bond acceptors (Lipinski definition) is 9. The Morgan fingerprint density at radius 3 is 2.21 bits per heavy atom. The fraction of sp³-hybridized carbons (Fsp3) is 0.296. The Kier molecular flexibility index (Phi) is 10.2. The summed E-state index contributed by atoms with van der Waals surface area (Å²) < 4.78 is 5.52. The number of aliphatic carboxylic acids is 3. The average molecular weight is 584 g/mol. The maximum absolute atomic E-state index is 12.8. The number of carboxylic acids is 3. The standard InChI is InChI=1S/C27H29N5O10/c28-26(29)31-17-5-1-16(2-6-17)25(40)41-18-7-3-15(4-8-21(33)30-10-9-22(34)35)19(11-18)20-12-27(42-32-20,13-23(36)37)14-24(38)39/h1-3,5-7,11H,4,8-10,12-14H2,(H,30,33)(H,34,35)(H,36,37)(H,38,39)(H4,28,29,31). The fourth-order valence-corrected chi connectivity index (χ4v) is 4.21. The van der Waals surface area contributed by atoms with Gasteiger partial charge in [-0.3, -0.25) is 19.2 Å². The second-order valence-electron chi connectivity index (χ2n) is 9.42. The highest BCUT2D eigenvalue weighted by atomic mass is 16.7. The molecule has 1 aliphatic heterocycles. The van der Waals surface area contributed by atoms with Crippen molar-refractivity contribution < 1.29 is 48.9 Å². The molecule has 0 bridgehead atoms. The van der Waals surface area contributed by atoms with Crippen LogP contribution >= 0.6 is 0 Å². The van der Waals surface area contributed by atoms with Gasteiger partial charge in [0.15, 0.2) is 11.6 Å². The molecule has 0 spiro atoms. The number of amides is 1. The molecule has 42 heavy (non-hydrogen) atoms. The second-order valence-corrected chi connectivity index (χ2v) is 9.42. The molecule has 0 aromatic heterocycles. The summed E-state index contributed by atoms with van der Waals surface area (Å²) in [4.78, 5) is 67.9. The third-order valence-corrected chi connectivity index (χ3v) is 6.03. The number of esters is 1. The van der Waals surface area contributed by atoms with Crippen LogP contribution in [0.15, 0.2) is 52.6 Å². The van der Waals surface area contributed by atoms with Gasteiger partial charge < -0.3 is 41.7 Å². The smallest absolute Gasteiger partial charge is 0.343 e. The molecule has 3 rings (SSSR count). The van der Waals surface area contributed by atoms with Gasteiger partial charge in [0.2, 0.25) is 5.91 Å². The van der Waals surface area contributed by atoms with E-state index in [1.165, 1.54) is 36.4 Å².